The molecular formula is C43H83N7O4. The van der Waals surface area contributed by atoms with Gasteiger partial charge in [0.2, 0.25) is 11.8 Å². The fraction of sp³-hybridized carbons (Fsp3) is 0.837. The minimum absolute atomic E-state index is 0.0501. The van der Waals surface area contributed by atoms with E-state index in [9.17, 15) is 19.2 Å². The first-order valence-electron chi connectivity index (χ1n) is 22.0. The van der Waals surface area contributed by atoms with E-state index >= 15 is 0 Å². The molecule has 0 aliphatic rings. The first-order valence-corrected chi connectivity index (χ1v) is 22.0. The average molecular weight is 762 g/mol. The zero-order valence-electron chi connectivity index (χ0n) is 34.7. The number of hydrogen-bond donors (Lipinski definition) is 5. The van der Waals surface area contributed by atoms with Crippen molar-refractivity contribution in [2.24, 2.45) is 33.7 Å². The van der Waals surface area contributed by atoms with E-state index in [1.165, 1.54) is 96.3 Å². The summed E-state index contributed by atoms with van der Waals surface area (Å²) in [6.45, 7) is 4.77. The monoisotopic (exact) mass is 762 g/mol. The van der Waals surface area contributed by atoms with Gasteiger partial charge in [0.15, 0.2) is 11.7 Å². The average Bonchev–Trinajstić information content (AvgIpc) is 3.15. The van der Waals surface area contributed by atoms with Gasteiger partial charge in [-0.15, -0.1) is 0 Å². The molecule has 0 aliphatic heterocycles. The molecule has 0 aromatic rings. The highest BCUT2D eigenvalue weighted by atomic mass is 16.2. The van der Waals surface area contributed by atoms with Crippen LogP contribution in [0.25, 0.3) is 0 Å². The molecule has 0 aromatic carbocycles. The molecule has 0 radical (unpaired) electrons. The first kappa shape index (κ1) is 51.4. The maximum atomic E-state index is 13.6. The Balaban J connectivity index is 4.89. The van der Waals surface area contributed by atoms with Gasteiger partial charge in [-0.2, -0.15) is 0 Å². The van der Waals surface area contributed by atoms with E-state index in [0.717, 1.165) is 57.8 Å². The molecule has 0 rings (SSSR count). The number of nitrogens with two attached hydrogens (primary N) is 5. The highest BCUT2D eigenvalue weighted by Crippen LogP contribution is 2.16. The summed E-state index contributed by atoms with van der Waals surface area (Å²) in [6, 6.07) is -4.03. The van der Waals surface area contributed by atoms with E-state index < -0.39 is 41.6 Å². The number of hydrogen-bond acceptors (Lipinski definition) is 8. The molecule has 0 heterocycles. The third-order valence-corrected chi connectivity index (χ3v) is 10.2. The molecule has 0 saturated carbocycles. The lowest BCUT2D eigenvalue weighted by atomic mass is 9.96. The SMILES string of the molecule is CCCCCCCC/C=C\CCCCCCCC(=O)N(C(=O)CCCCCCCCCCCCCCC)C(=O)C(N)C(N)C(=O)C(N)CCCN=C(N)N. The summed E-state index contributed by atoms with van der Waals surface area (Å²) >= 11 is 0. The Bertz CT molecular complexity index is 1030. The van der Waals surface area contributed by atoms with Crippen molar-refractivity contribution in [1.82, 2.24) is 4.90 Å². The molecule has 314 valence electrons. The van der Waals surface area contributed by atoms with Crippen LogP contribution in [-0.4, -0.2) is 59.0 Å². The number of aliphatic imine (C=N–C) groups is 1. The largest absolute Gasteiger partial charge is 0.370 e. The molecule has 11 nitrogen and oxygen atoms in total. The summed E-state index contributed by atoms with van der Waals surface area (Å²) in [5, 5.41) is 0. The van der Waals surface area contributed by atoms with E-state index in [4.69, 9.17) is 28.7 Å². The standard InChI is InChI=1S/C43H83N7O4/c1-3-5-7-9-11-13-15-17-18-20-22-24-26-28-30-34-38(52)50(37(51)33-29-27-25-23-21-19-16-14-12-10-8-6-4-2)42(54)40(46)39(45)41(53)36(44)32-31-35-49-43(47)48/h17-18,36,39-40H,3-16,19-35,44-46H2,1-2H3,(H4,47,48,49)/b18-17-. The van der Waals surface area contributed by atoms with Crippen LogP contribution in [0.4, 0.5) is 0 Å². The third-order valence-electron chi connectivity index (χ3n) is 10.2. The number of unbranched alkanes of at least 4 members (excludes halogenated alkanes) is 23. The van der Waals surface area contributed by atoms with E-state index in [2.05, 4.69) is 31.0 Å². The minimum atomic E-state index is -1.57. The van der Waals surface area contributed by atoms with Gasteiger partial charge in [-0.1, -0.05) is 154 Å². The van der Waals surface area contributed by atoms with Gasteiger partial charge in [-0.3, -0.25) is 24.2 Å². The molecule has 3 amide bonds. The van der Waals surface area contributed by atoms with Gasteiger partial charge < -0.3 is 28.7 Å². The molecular weight excluding hydrogens is 679 g/mol. The van der Waals surface area contributed by atoms with Crippen molar-refractivity contribution in [3.05, 3.63) is 12.2 Å². The first-order chi connectivity index (χ1) is 26.1. The van der Waals surface area contributed by atoms with Gasteiger partial charge in [-0.05, 0) is 51.4 Å². The van der Waals surface area contributed by atoms with Crippen molar-refractivity contribution in [3.63, 3.8) is 0 Å². The Morgan fingerprint density at radius 1 is 0.519 bits per heavy atom. The van der Waals surface area contributed by atoms with Crippen molar-refractivity contribution < 1.29 is 19.2 Å². The number of rotatable bonds is 37. The van der Waals surface area contributed by atoms with Gasteiger partial charge in [0.1, 0.15) is 6.04 Å². The van der Waals surface area contributed by atoms with Crippen LogP contribution in [0.15, 0.2) is 17.1 Å². The number of allylic oxidation sites excluding steroid dienone is 2. The Kier molecular flexibility index (Phi) is 34.3. The topological polar surface area (TPSA) is 214 Å². The second-order valence-electron chi connectivity index (χ2n) is 15.3. The van der Waals surface area contributed by atoms with Crippen LogP contribution >= 0.6 is 0 Å². The molecule has 0 aromatic heterocycles. The summed E-state index contributed by atoms with van der Waals surface area (Å²) in [5.74, 6) is -2.80. The molecule has 0 saturated heterocycles. The van der Waals surface area contributed by atoms with Crippen LogP contribution in [0.5, 0.6) is 0 Å². The van der Waals surface area contributed by atoms with Crippen molar-refractivity contribution in [1.29, 1.82) is 0 Å². The number of ketones is 1. The molecule has 0 aliphatic carbocycles. The number of nitrogens with zero attached hydrogens (tertiary/aromatic N) is 2. The number of amides is 3. The van der Waals surface area contributed by atoms with Crippen LogP contribution in [0.2, 0.25) is 0 Å². The molecule has 0 bridgehead atoms. The molecule has 0 spiro atoms. The predicted molar refractivity (Wildman–Crippen MR) is 225 cm³/mol. The van der Waals surface area contributed by atoms with Gasteiger partial charge >= 0.3 is 0 Å². The van der Waals surface area contributed by atoms with Gasteiger partial charge in [-0.25, -0.2) is 4.90 Å². The molecule has 0 fully saturated rings. The van der Waals surface area contributed by atoms with Crippen LogP contribution in [0.3, 0.4) is 0 Å². The molecule has 3 unspecified atom stereocenters. The van der Waals surface area contributed by atoms with Gasteiger partial charge in [0.25, 0.3) is 5.91 Å². The van der Waals surface area contributed by atoms with E-state index in [1.807, 2.05) is 0 Å². The maximum absolute atomic E-state index is 13.6. The smallest absolute Gasteiger partial charge is 0.255 e. The molecule has 10 N–H and O–H groups in total. The maximum Gasteiger partial charge on any atom is 0.255 e. The summed E-state index contributed by atoms with van der Waals surface area (Å²) < 4.78 is 0. The van der Waals surface area contributed by atoms with Crippen molar-refractivity contribution in [2.75, 3.05) is 6.54 Å². The van der Waals surface area contributed by atoms with Crippen molar-refractivity contribution >= 4 is 29.5 Å². The molecule has 54 heavy (non-hydrogen) atoms. The van der Waals surface area contributed by atoms with E-state index in [-0.39, 0.29) is 31.8 Å². The fourth-order valence-electron chi connectivity index (χ4n) is 6.64. The Labute approximate surface area is 329 Å². The van der Waals surface area contributed by atoms with Gasteiger partial charge in [0, 0.05) is 19.4 Å². The summed E-state index contributed by atoms with van der Waals surface area (Å²) in [7, 11) is 0. The van der Waals surface area contributed by atoms with Crippen LogP contribution < -0.4 is 28.7 Å². The summed E-state index contributed by atoms with van der Waals surface area (Å²) in [4.78, 5) is 57.8. The lowest BCUT2D eigenvalue weighted by molar-refractivity contribution is -0.155. The second-order valence-corrected chi connectivity index (χ2v) is 15.3. The van der Waals surface area contributed by atoms with Crippen LogP contribution in [0.1, 0.15) is 206 Å². The number of imide groups is 3. The zero-order chi connectivity index (χ0) is 40.2. The lowest BCUT2D eigenvalue weighted by Gasteiger charge is -2.26. The van der Waals surface area contributed by atoms with E-state index in [1.54, 1.807) is 0 Å². The predicted octanol–water partition coefficient (Wildman–Crippen LogP) is 7.99. The number of carbonyl (C=O) groups is 4. The normalized spacial score (nSPS) is 13.1. The summed E-state index contributed by atoms with van der Waals surface area (Å²) in [5.41, 5.74) is 29.0. The third kappa shape index (κ3) is 27.9. The second kappa shape index (κ2) is 36.0. The Morgan fingerprint density at radius 2 is 0.889 bits per heavy atom. The Hall–Kier alpha value is -2.63. The quantitative estimate of drug-likeness (QED) is 0.0179. The van der Waals surface area contributed by atoms with Crippen LogP contribution in [0, 0.1) is 0 Å². The number of Topliss-reactive ketones (excluding diaryl/α,β-unsaturated/α-hetero) is 1. The van der Waals surface area contributed by atoms with E-state index in [0.29, 0.717) is 24.2 Å². The van der Waals surface area contributed by atoms with Crippen LogP contribution in [-0.2, 0) is 19.2 Å². The molecule has 3 atom stereocenters. The Morgan fingerprint density at radius 3 is 1.28 bits per heavy atom. The number of guanidine groups is 1. The lowest BCUT2D eigenvalue weighted by Crippen LogP contribution is -2.61. The van der Waals surface area contributed by atoms with Crippen molar-refractivity contribution in [3.8, 4) is 0 Å². The zero-order valence-corrected chi connectivity index (χ0v) is 34.7. The highest BCUT2D eigenvalue weighted by molar-refractivity contribution is 6.13. The minimum Gasteiger partial charge on any atom is -0.370 e. The fourth-order valence-corrected chi connectivity index (χ4v) is 6.64. The molecule has 11 heteroatoms. The summed E-state index contributed by atoms with van der Waals surface area (Å²) in [6.07, 6.45) is 35.0. The highest BCUT2D eigenvalue weighted by Gasteiger charge is 2.37. The van der Waals surface area contributed by atoms with Crippen molar-refractivity contribution in [2.45, 2.75) is 225 Å². The number of carbonyl (C=O) groups excluding carboxylic acids is 4. The van der Waals surface area contributed by atoms with Gasteiger partial charge in [0.05, 0.1) is 12.1 Å².